The largest absolute Gasteiger partial charge is 0.493 e. The number of fused-ring (bicyclic) bond motifs is 1. The van der Waals surface area contributed by atoms with E-state index in [1.165, 1.54) is 11.1 Å². The lowest BCUT2D eigenvalue weighted by Gasteiger charge is -2.12. The Labute approximate surface area is 102 Å². The van der Waals surface area contributed by atoms with Crippen molar-refractivity contribution in [1.29, 1.82) is 0 Å². The highest BCUT2D eigenvalue weighted by Gasteiger charge is 2.20. The van der Waals surface area contributed by atoms with Crippen LogP contribution in [0.4, 0.5) is 0 Å². The van der Waals surface area contributed by atoms with E-state index in [0.29, 0.717) is 5.92 Å². The summed E-state index contributed by atoms with van der Waals surface area (Å²) in [5.74, 6) is 1.54. The molecule has 92 valence electrons. The molecule has 3 rings (SSSR count). The number of ether oxygens (including phenoxy) is 2. The smallest absolute Gasteiger partial charge is 0.119 e. The third kappa shape index (κ3) is 2.31. The van der Waals surface area contributed by atoms with Crippen molar-refractivity contribution in [3.63, 3.8) is 0 Å². The summed E-state index contributed by atoms with van der Waals surface area (Å²) in [6, 6.07) is 6.54. The molecule has 1 aliphatic heterocycles. The fraction of sp³-hybridized carbons (Fsp3) is 0.571. The summed E-state index contributed by atoms with van der Waals surface area (Å²) in [6.07, 6.45) is 3.27. The number of benzene rings is 1. The number of nitrogens with two attached hydrogens (primary N) is 1. The Hall–Kier alpha value is -1.06. The van der Waals surface area contributed by atoms with Gasteiger partial charge in [-0.3, -0.25) is 0 Å². The van der Waals surface area contributed by atoms with Crippen molar-refractivity contribution >= 4 is 0 Å². The van der Waals surface area contributed by atoms with Gasteiger partial charge >= 0.3 is 0 Å². The Kier molecular flexibility index (Phi) is 3.04. The van der Waals surface area contributed by atoms with E-state index in [2.05, 4.69) is 12.1 Å². The average Bonchev–Trinajstić information content (AvgIpc) is 2.97. The standard InChI is InChI=1S/C14H19NO2/c15-14-4-1-11-7-12(2-3-13(11)14)17-9-10-5-6-16-8-10/h2-3,7,10,14H,1,4-6,8-9,15H2/t10?,14-/m0/s1. The molecule has 1 saturated heterocycles. The average molecular weight is 233 g/mol. The lowest BCUT2D eigenvalue weighted by molar-refractivity contribution is 0.167. The first kappa shape index (κ1) is 11.1. The van der Waals surface area contributed by atoms with Gasteiger partial charge in [-0.2, -0.15) is 0 Å². The molecule has 17 heavy (non-hydrogen) atoms. The molecule has 3 nitrogen and oxygen atoms in total. The highest BCUT2D eigenvalue weighted by Crippen LogP contribution is 2.32. The normalized spacial score (nSPS) is 27.1. The monoisotopic (exact) mass is 233 g/mol. The van der Waals surface area contributed by atoms with E-state index in [0.717, 1.165) is 44.8 Å². The second-order valence-corrected chi connectivity index (χ2v) is 5.05. The van der Waals surface area contributed by atoms with Crippen LogP contribution in [0.2, 0.25) is 0 Å². The summed E-state index contributed by atoms with van der Waals surface area (Å²) in [4.78, 5) is 0. The third-order valence-electron chi connectivity index (χ3n) is 3.75. The first-order valence-corrected chi connectivity index (χ1v) is 6.42. The molecule has 1 aliphatic carbocycles. The Balaban J connectivity index is 1.64. The first-order valence-electron chi connectivity index (χ1n) is 6.42. The molecular formula is C14H19NO2. The van der Waals surface area contributed by atoms with Crippen molar-refractivity contribution in [2.75, 3.05) is 19.8 Å². The molecule has 1 aromatic carbocycles. The van der Waals surface area contributed by atoms with Gasteiger partial charge in [-0.25, -0.2) is 0 Å². The van der Waals surface area contributed by atoms with Gasteiger partial charge in [0.15, 0.2) is 0 Å². The number of rotatable bonds is 3. The molecule has 0 saturated carbocycles. The van der Waals surface area contributed by atoms with Gasteiger partial charge in [0.05, 0.1) is 13.2 Å². The first-order chi connectivity index (χ1) is 8.33. The summed E-state index contributed by atoms with van der Waals surface area (Å²) in [7, 11) is 0. The number of hydrogen-bond acceptors (Lipinski definition) is 3. The van der Waals surface area contributed by atoms with Crippen LogP contribution in [-0.4, -0.2) is 19.8 Å². The summed E-state index contributed by atoms with van der Waals surface area (Å²) < 4.78 is 11.2. The Bertz CT molecular complexity index is 399. The van der Waals surface area contributed by atoms with Crippen LogP contribution in [0.25, 0.3) is 0 Å². The molecule has 1 aromatic rings. The minimum Gasteiger partial charge on any atom is -0.493 e. The van der Waals surface area contributed by atoms with Crippen molar-refractivity contribution in [3.05, 3.63) is 29.3 Å². The molecule has 0 bridgehead atoms. The van der Waals surface area contributed by atoms with Gasteiger partial charge in [-0.15, -0.1) is 0 Å². The van der Waals surface area contributed by atoms with Crippen molar-refractivity contribution in [3.8, 4) is 5.75 Å². The zero-order valence-corrected chi connectivity index (χ0v) is 10.0. The van der Waals surface area contributed by atoms with Gasteiger partial charge in [0.25, 0.3) is 0 Å². The van der Waals surface area contributed by atoms with Crippen molar-refractivity contribution in [2.24, 2.45) is 11.7 Å². The van der Waals surface area contributed by atoms with Crippen LogP contribution >= 0.6 is 0 Å². The topological polar surface area (TPSA) is 44.5 Å². The summed E-state index contributed by atoms with van der Waals surface area (Å²) in [5.41, 5.74) is 8.66. The fourth-order valence-corrected chi connectivity index (χ4v) is 2.65. The summed E-state index contributed by atoms with van der Waals surface area (Å²) in [6.45, 7) is 2.49. The molecule has 3 heteroatoms. The van der Waals surface area contributed by atoms with Crippen LogP contribution in [0.1, 0.15) is 30.0 Å². The molecule has 0 radical (unpaired) electrons. The molecular weight excluding hydrogens is 214 g/mol. The Morgan fingerprint density at radius 2 is 2.29 bits per heavy atom. The quantitative estimate of drug-likeness (QED) is 0.869. The van der Waals surface area contributed by atoms with E-state index in [4.69, 9.17) is 15.2 Å². The van der Waals surface area contributed by atoms with Crippen LogP contribution in [0.15, 0.2) is 18.2 Å². The predicted octanol–water partition coefficient (Wildman–Crippen LogP) is 2.05. The molecule has 1 fully saturated rings. The van der Waals surface area contributed by atoms with Crippen molar-refractivity contribution in [1.82, 2.24) is 0 Å². The molecule has 1 heterocycles. The lowest BCUT2D eigenvalue weighted by atomic mass is 10.1. The maximum atomic E-state index is 6.01. The van der Waals surface area contributed by atoms with Crippen LogP contribution < -0.4 is 10.5 Å². The SMILES string of the molecule is N[C@H]1CCc2cc(OCC3CCOC3)ccc21. The molecule has 2 atom stereocenters. The third-order valence-corrected chi connectivity index (χ3v) is 3.75. The molecule has 0 spiro atoms. The van der Waals surface area contributed by atoms with Crippen LogP contribution in [0, 0.1) is 5.92 Å². The molecule has 2 N–H and O–H groups in total. The van der Waals surface area contributed by atoms with E-state index < -0.39 is 0 Å². The zero-order valence-electron chi connectivity index (χ0n) is 10.0. The Morgan fingerprint density at radius 3 is 3.12 bits per heavy atom. The maximum absolute atomic E-state index is 6.01. The minimum absolute atomic E-state index is 0.224. The van der Waals surface area contributed by atoms with E-state index in [9.17, 15) is 0 Å². The van der Waals surface area contributed by atoms with Gasteiger partial charge in [0.2, 0.25) is 0 Å². The molecule has 0 amide bonds. The van der Waals surface area contributed by atoms with E-state index in [1.807, 2.05) is 6.07 Å². The van der Waals surface area contributed by atoms with Crippen LogP contribution in [-0.2, 0) is 11.2 Å². The second kappa shape index (κ2) is 4.67. The van der Waals surface area contributed by atoms with Crippen molar-refractivity contribution < 1.29 is 9.47 Å². The predicted molar refractivity (Wildman–Crippen MR) is 66.1 cm³/mol. The van der Waals surface area contributed by atoms with Gasteiger partial charge in [0, 0.05) is 18.6 Å². The van der Waals surface area contributed by atoms with Gasteiger partial charge in [-0.05, 0) is 42.5 Å². The summed E-state index contributed by atoms with van der Waals surface area (Å²) in [5, 5.41) is 0. The van der Waals surface area contributed by atoms with E-state index in [1.54, 1.807) is 0 Å². The minimum atomic E-state index is 0.224. The fourth-order valence-electron chi connectivity index (χ4n) is 2.65. The molecule has 0 aromatic heterocycles. The van der Waals surface area contributed by atoms with Crippen LogP contribution in [0.3, 0.4) is 0 Å². The zero-order chi connectivity index (χ0) is 11.7. The number of hydrogen-bond donors (Lipinski definition) is 1. The highest BCUT2D eigenvalue weighted by molar-refractivity contribution is 5.40. The van der Waals surface area contributed by atoms with Crippen molar-refractivity contribution in [2.45, 2.75) is 25.3 Å². The van der Waals surface area contributed by atoms with Gasteiger partial charge in [0.1, 0.15) is 5.75 Å². The van der Waals surface area contributed by atoms with Crippen LogP contribution in [0.5, 0.6) is 5.75 Å². The van der Waals surface area contributed by atoms with Gasteiger partial charge < -0.3 is 15.2 Å². The maximum Gasteiger partial charge on any atom is 0.119 e. The molecule has 2 aliphatic rings. The lowest BCUT2D eigenvalue weighted by Crippen LogP contribution is -2.11. The summed E-state index contributed by atoms with van der Waals surface area (Å²) >= 11 is 0. The van der Waals surface area contributed by atoms with E-state index >= 15 is 0 Å². The number of aryl methyl sites for hydroxylation is 1. The van der Waals surface area contributed by atoms with E-state index in [-0.39, 0.29) is 6.04 Å². The second-order valence-electron chi connectivity index (χ2n) is 5.05. The van der Waals surface area contributed by atoms with Gasteiger partial charge in [-0.1, -0.05) is 6.07 Å². The Morgan fingerprint density at radius 1 is 1.35 bits per heavy atom. The highest BCUT2D eigenvalue weighted by atomic mass is 16.5. The molecule has 1 unspecified atom stereocenters.